The van der Waals surface area contributed by atoms with Gasteiger partial charge in [0.05, 0.1) is 11.1 Å². The number of anilines is 1. The lowest BCUT2D eigenvalue weighted by atomic mass is 10.1. The van der Waals surface area contributed by atoms with Gasteiger partial charge in [-0.3, -0.25) is 10.1 Å². The van der Waals surface area contributed by atoms with Crippen LogP contribution < -0.4 is 15.4 Å². The number of hydrogen-bond acceptors (Lipinski definition) is 5. The van der Waals surface area contributed by atoms with E-state index in [1.165, 1.54) is 0 Å². The first-order valence-corrected chi connectivity index (χ1v) is 10.0. The van der Waals surface area contributed by atoms with E-state index in [1.54, 1.807) is 54.6 Å². The molecule has 6 nitrogen and oxygen atoms in total. The van der Waals surface area contributed by atoms with Crippen LogP contribution in [-0.4, -0.2) is 22.2 Å². The maximum absolute atomic E-state index is 12.5. The highest BCUT2D eigenvalue weighted by Gasteiger charge is 2.12. The van der Waals surface area contributed by atoms with Crippen LogP contribution in [0.1, 0.15) is 30.0 Å². The van der Waals surface area contributed by atoms with E-state index in [0.717, 1.165) is 0 Å². The Morgan fingerprint density at radius 3 is 2.70 bits per heavy atom. The number of rotatable bonds is 6. The maximum Gasteiger partial charge on any atom is 0.257 e. The first-order chi connectivity index (χ1) is 14.4. The van der Waals surface area contributed by atoms with E-state index in [2.05, 4.69) is 10.6 Å². The second-order valence-corrected chi connectivity index (χ2v) is 7.54. The summed E-state index contributed by atoms with van der Waals surface area (Å²) in [4.78, 5) is 12.5. The molecule has 8 heteroatoms. The Bertz CT molecular complexity index is 1060. The van der Waals surface area contributed by atoms with Crippen LogP contribution in [0.4, 0.5) is 5.69 Å². The first-order valence-electron chi connectivity index (χ1n) is 9.24. The van der Waals surface area contributed by atoms with E-state index >= 15 is 0 Å². The number of thiocarbonyl (C=S) groups is 1. The minimum Gasteiger partial charge on any atom is -0.491 e. The molecule has 1 heterocycles. The molecule has 156 valence electrons. The Balaban J connectivity index is 1.69. The molecule has 0 aliphatic heterocycles. The standard InChI is InChI=1S/C22H21ClN2O4S/c1-13(2)28-16-5-3-4-14(10-16)21(27)25-22(30)24-15-6-8-19(23)18(11-15)20-9-7-17(12-26)29-20/h3-11,13,26H,12H2,1-2H3,(H2,24,25,27,30). The molecule has 0 fully saturated rings. The van der Waals surface area contributed by atoms with E-state index in [4.69, 9.17) is 33.0 Å². The summed E-state index contributed by atoms with van der Waals surface area (Å²) in [7, 11) is 0. The Labute approximate surface area is 184 Å². The van der Waals surface area contributed by atoms with Crippen molar-refractivity contribution in [2.24, 2.45) is 0 Å². The Hall–Kier alpha value is -2.87. The number of nitrogens with one attached hydrogen (secondary N) is 2. The minimum absolute atomic E-state index is 0.00720. The summed E-state index contributed by atoms with van der Waals surface area (Å²) in [6.07, 6.45) is 0.00720. The molecule has 0 aliphatic rings. The molecule has 3 rings (SSSR count). The molecule has 0 radical (unpaired) electrons. The lowest BCUT2D eigenvalue weighted by molar-refractivity contribution is 0.0977. The number of aliphatic hydroxyl groups is 1. The van der Waals surface area contributed by atoms with Crippen molar-refractivity contribution < 1.29 is 19.1 Å². The Morgan fingerprint density at radius 1 is 1.20 bits per heavy atom. The van der Waals surface area contributed by atoms with Crippen LogP contribution in [0.2, 0.25) is 5.02 Å². The van der Waals surface area contributed by atoms with Crippen LogP contribution in [0.3, 0.4) is 0 Å². The summed E-state index contributed by atoms with van der Waals surface area (Å²) in [6, 6.07) is 15.5. The number of carbonyl (C=O) groups excluding carboxylic acids is 1. The first kappa shape index (κ1) is 21.8. The predicted molar refractivity (Wildman–Crippen MR) is 121 cm³/mol. The topological polar surface area (TPSA) is 83.7 Å². The maximum atomic E-state index is 12.5. The quantitative estimate of drug-likeness (QED) is 0.464. The number of furan rings is 1. The Kier molecular flexibility index (Phi) is 7.10. The number of ether oxygens (including phenoxy) is 1. The number of amides is 1. The van der Waals surface area contributed by atoms with E-state index < -0.39 is 0 Å². The van der Waals surface area contributed by atoms with Gasteiger partial charge in [0.15, 0.2) is 5.11 Å². The zero-order valence-electron chi connectivity index (χ0n) is 16.4. The smallest absolute Gasteiger partial charge is 0.257 e. The second-order valence-electron chi connectivity index (χ2n) is 6.72. The third-order valence-corrected chi connectivity index (χ3v) is 4.54. The average Bonchev–Trinajstić information content (AvgIpc) is 3.18. The van der Waals surface area contributed by atoms with Crippen molar-refractivity contribution in [3.63, 3.8) is 0 Å². The Morgan fingerprint density at radius 2 is 2.00 bits per heavy atom. The van der Waals surface area contributed by atoms with Crippen LogP contribution in [0, 0.1) is 0 Å². The van der Waals surface area contributed by atoms with Crippen LogP contribution in [0.5, 0.6) is 5.75 Å². The number of benzene rings is 2. The molecule has 0 spiro atoms. The van der Waals surface area contributed by atoms with Crippen molar-refractivity contribution in [3.05, 3.63) is 70.9 Å². The highest BCUT2D eigenvalue weighted by Crippen LogP contribution is 2.32. The van der Waals surface area contributed by atoms with Crippen LogP contribution in [0.25, 0.3) is 11.3 Å². The third kappa shape index (κ3) is 5.60. The lowest BCUT2D eigenvalue weighted by Gasteiger charge is -2.13. The van der Waals surface area contributed by atoms with E-state index in [1.807, 2.05) is 13.8 Å². The molecule has 0 saturated heterocycles. The normalized spacial score (nSPS) is 10.7. The summed E-state index contributed by atoms with van der Waals surface area (Å²) in [5, 5.41) is 15.4. The molecular weight excluding hydrogens is 424 g/mol. The van der Waals surface area contributed by atoms with E-state index in [0.29, 0.717) is 39.1 Å². The fourth-order valence-electron chi connectivity index (χ4n) is 2.72. The molecule has 0 unspecified atom stereocenters. The van der Waals surface area contributed by atoms with Crippen molar-refractivity contribution in [2.45, 2.75) is 26.6 Å². The lowest BCUT2D eigenvalue weighted by Crippen LogP contribution is -2.34. The zero-order chi connectivity index (χ0) is 21.7. The summed E-state index contributed by atoms with van der Waals surface area (Å²) in [5.74, 6) is 1.21. The van der Waals surface area contributed by atoms with Gasteiger partial charge in [-0.15, -0.1) is 0 Å². The van der Waals surface area contributed by atoms with Gasteiger partial charge in [-0.2, -0.15) is 0 Å². The number of hydrogen-bond donors (Lipinski definition) is 3. The SMILES string of the molecule is CC(C)Oc1cccc(C(=O)NC(=S)Nc2ccc(Cl)c(-c3ccc(CO)o3)c2)c1. The second kappa shape index (κ2) is 9.75. The monoisotopic (exact) mass is 444 g/mol. The molecular formula is C22H21ClN2O4S. The molecule has 1 aromatic heterocycles. The minimum atomic E-state index is -0.352. The highest BCUT2D eigenvalue weighted by molar-refractivity contribution is 7.80. The van der Waals surface area contributed by atoms with Gasteiger partial charge in [-0.25, -0.2) is 0 Å². The van der Waals surface area contributed by atoms with Crippen LogP contribution >= 0.6 is 23.8 Å². The summed E-state index contributed by atoms with van der Waals surface area (Å²) in [5.41, 5.74) is 1.69. The molecule has 2 aromatic carbocycles. The molecule has 1 amide bonds. The zero-order valence-corrected chi connectivity index (χ0v) is 18.0. The van der Waals surface area contributed by atoms with E-state index in [-0.39, 0.29) is 23.7 Å². The van der Waals surface area contributed by atoms with Gasteiger partial charge in [0.1, 0.15) is 23.9 Å². The summed E-state index contributed by atoms with van der Waals surface area (Å²) >= 11 is 11.5. The number of aliphatic hydroxyl groups excluding tert-OH is 1. The fraction of sp³-hybridized carbons (Fsp3) is 0.182. The highest BCUT2D eigenvalue weighted by atomic mass is 35.5. The van der Waals surface area contributed by atoms with Crippen LogP contribution in [-0.2, 0) is 6.61 Å². The average molecular weight is 445 g/mol. The molecule has 30 heavy (non-hydrogen) atoms. The number of carbonyl (C=O) groups is 1. The predicted octanol–water partition coefficient (Wildman–Crippen LogP) is 5.01. The molecule has 0 aliphatic carbocycles. The molecule has 3 aromatic rings. The van der Waals surface area contributed by atoms with Gasteiger partial charge in [0.2, 0.25) is 0 Å². The largest absolute Gasteiger partial charge is 0.491 e. The van der Waals surface area contributed by atoms with E-state index in [9.17, 15) is 9.90 Å². The van der Waals surface area contributed by atoms with Gasteiger partial charge in [0, 0.05) is 16.8 Å². The molecule has 3 N–H and O–H groups in total. The van der Waals surface area contributed by atoms with Crippen LogP contribution in [0.15, 0.2) is 59.0 Å². The summed E-state index contributed by atoms with van der Waals surface area (Å²) in [6.45, 7) is 3.63. The van der Waals surface area contributed by atoms with Gasteiger partial charge in [-0.1, -0.05) is 17.7 Å². The van der Waals surface area contributed by atoms with Gasteiger partial charge < -0.3 is 19.6 Å². The molecule has 0 atom stereocenters. The van der Waals surface area contributed by atoms with Crippen molar-refractivity contribution in [1.82, 2.24) is 5.32 Å². The third-order valence-electron chi connectivity index (χ3n) is 4.00. The van der Waals surface area contributed by atoms with Gasteiger partial charge in [0.25, 0.3) is 5.91 Å². The number of halogens is 1. The van der Waals surface area contributed by atoms with Crippen molar-refractivity contribution in [1.29, 1.82) is 0 Å². The van der Waals surface area contributed by atoms with Crippen molar-refractivity contribution >= 4 is 40.5 Å². The molecule has 0 saturated carbocycles. The van der Waals surface area contributed by atoms with Gasteiger partial charge in [-0.05, 0) is 74.6 Å². The molecule has 0 bridgehead atoms. The fourth-order valence-corrected chi connectivity index (χ4v) is 3.14. The van der Waals surface area contributed by atoms with Gasteiger partial charge >= 0.3 is 0 Å². The van der Waals surface area contributed by atoms with Crippen molar-refractivity contribution in [2.75, 3.05) is 5.32 Å². The van der Waals surface area contributed by atoms with Crippen molar-refractivity contribution in [3.8, 4) is 17.1 Å². The summed E-state index contributed by atoms with van der Waals surface area (Å²) < 4.78 is 11.2.